The first-order valence-corrected chi connectivity index (χ1v) is 12.0. The molecule has 2 aromatic rings. The second kappa shape index (κ2) is 9.23. The first-order valence-electron chi connectivity index (χ1n) is 10.5. The molecule has 0 spiro atoms. The Hall–Kier alpha value is -2.65. The molecule has 2 fully saturated rings. The van der Waals surface area contributed by atoms with Crippen LogP contribution in [0.3, 0.4) is 0 Å². The summed E-state index contributed by atoms with van der Waals surface area (Å²) < 4.78 is 38.3. The van der Waals surface area contributed by atoms with E-state index in [1.165, 1.54) is 10.5 Å². The van der Waals surface area contributed by atoms with E-state index in [0.717, 1.165) is 5.56 Å². The summed E-state index contributed by atoms with van der Waals surface area (Å²) in [6.07, 6.45) is 4.20. The van der Waals surface area contributed by atoms with Crippen molar-refractivity contribution in [2.75, 3.05) is 29.9 Å². The Morgan fingerprint density at radius 2 is 1.87 bits per heavy atom. The molecule has 4 rings (SSSR count). The largest absolute Gasteiger partial charge is 0.497 e. The number of pyridine rings is 1. The van der Waals surface area contributed by atoms with E-state index in [9.17, 15) is 13.2 Å². The number of sulfonamides is 1. The highest BCUT2D eigenvalue weighted by molar-refractivity contribution is 7.93. The molecule has 1 aliphatic carbocycles. The zero-order chi connectivity index (χ0) is 21.8. The van der Waals surface area contributed by atoms with Crippen LogP contribution in [0.25, 0.3) is 0 Å². The number of nitrogens with zero attached hydrogens (tertiary/aromatic N) is 2. The monoisotopic (exact) mass is 445 g/mol. The molecule has 1 aromatic carbocycles. The van der Waals surface area contributed by atoms with E-state index in [0.29, 0.717) is 56.2 Å². The highest BCUT2D eigenvalue weighted by Gasteiger charge is 2.40. The average molecular weight is 446 g/mol. The molecular weight excluding hydrogens is 418 g/mol. The Kier molecular flexibility index (Phi) is 6.43. The fourth-order valence-corrected chi connectivity index (χ4v) is 5.43. The molecule has 0 radical (unpaired) electrons. The van der Waals surface area contributed by atoms with Crippen LogP contribution in [0.2, 0.25) is 0 Å². The third-order valence-corrected chi connectivity index (χ3v) is 7.88. The maximum Gasteiger partial charge on any atom is 0.238 e. The molecule has 31 heavy (non-hydrogen) atoms. The fourth-order valence-electron chi connectivity index (χ4n) is 3.60. The van der Waals surface area contributed by atoms with Crippen molar-refractivity contribution in [3.05, 3.63) is 48.2 Å². The van der Waals surface area contributed by atoms with Crippen molar-refractivity contribution < 1.29 is 22.7 Å². The molecule has 1 saturated heterocycles. The number of hydrogen-bond donors (Lipinski definition) is 1. The quantitative estimate of drug-likeness (QED) is 0.671. The van der Waals surface area contributed by atoms with Crippen LogP contribution in [-0.2, 0) is 26.1 Å². The predicted molar refractivity (Wildman–Crippen MR) is 118 cm³/mol. The Labute approximate surface area is 182 Å². The number of ether oxygens (including phenoxy) is 2. The van der Waals surface area contributed by atoms with Crippen molar-refractivity contribution in [2.45, 2.75) is 37.5 Å². The van der Waals surface area contributed by atoms with Crippen LogP contribution in [0.4, 0.5) is 11.5 Å². The van der Waals surface area contributed by atoms with Crippen molar-refractivity contribution in [1.29, 1.82) is 0 Å². The normalized spacial score (nSPS) is 17.2. The Balaban J connectivity index is 1.57. The molecule has 1 amide bonds. The van der Waals surface area contributed by atoms with E-state index in [2.05, 4.69) is 10.3 Å². The number of rotatable bonds is 8. The van der Waals surface area contributed by atoms with Crippen LogP contribution in [0.15, 0.2) is 42.6 Å². The summed E-state index contributed by atoms with van der Waals surface area (Å²) in [6.45, 7) is 1.34. The van der Waals surface area contributed by atoms with Gasteiger partial charge in [0.15, 0.2) is 0 Å². The molecule has 0 unspecified atom stereocenters. The van der Waals surface area contributed by atoms with Crippen molar-refractivity contribution in [2.24, 2.45) is 5.92 Å². The van der Waals surface area contributed by atoms with Gasteiger partial charge in [0.1, 0.15) is 11.6 Å². The van der Waals surface area contributed by atoms with Gasteiger partial charge in [0.2, 0.25) is 15.9 Å². The molecule has 9 heteroatoms. The number of amides is 1. The SMILES string of the molecule is COc1ccc(CN(c2ccnc(NC(=O)C3CCOCC3)c2)S(=O)(=O)C2CC2)cc1. The number of carbonyl (C=O) groups is 1. The first-order chi connectivity index (χ1) is 15.0. The molecule has 1 aliphatic heterocycles. The maximum atomic E-state index is 13.2. The van der Waals surface area contributed by atoms with Crippen LogP contribution in [0, 0.1) is 5.92 Å². The number of benzene rings is 1. The lowest BCUT2D eigenvalue weighted by Crippen LogP contribution is -2.33. The lowest BCUT2D eigenvalue weighted by molar-refractivity contribution is -0.122. The first kappa shape index (κ1) is 21.6. The Bertz CT molecular complexity index is 1020. The fraction of sp³-hybridized carbons (Fsp3) is 0.455. The molecule has 166 valence electrons. The van der Waals surface area contributed by atoms with Gasteiger partial charge in [-0.15, -0.1) is 0 Å². The van der Waals surface area contributed by atoms with Crippen LogP contribution in [0.1, 0.15) is 31.2 Å². The molecular formula is C22H27N3O5S. The molecule has 2 heterocycles. The van der Waals surface area contributed by atoms with Crippen molar-refractivity contribution in [3.63, 3.8) is 0 Å². The molecule has 8 nitrogen and oxygen atoms in total. The van der Waals surface area contributed by atoms with Crippen LogP contribution in [-0.4, -0.2) is 44.9 Å². The van der Waals surface area contributed by atoms with Crippen LogP contribution < -0.4 is 14.4 Å². The van der Waals surface area contributed by atoms with Gasteiger partial charge in [0.25, 0.3) is 0 Å². The van der Waals surface area contributed by atoms with Crippen LogP contribution >= 0.6 is 0 Å². The van der Waals surface area contributed by atoms with Crippen molar-refractivity contribution >= 4 is 27.4 Å². The Morgan fingerprint density at radius 1 is 1.16 bits per heavy atom. The summed E-state index contributed by atoms with van der Waals surface area (Å²) in [7, 11) is -1.93. The highest BCUT2D eigenvalue weighted by atomic mass is 32.2. The number of nitrogens with one attached hydrogen (secondary N) is 1. The third-order valence-electron chi connectivity index (χ3n) is 5.61. The highest BCUT2D eigenvalue weighted by Crippen LogP contribution is 2.35. The van der Waals surface area contributed by atoms with E-state index >= 15 is 0 Å². The van der Waals surface area contributed by atoms with Gasteiger partial charge >= 0.3 is 0 Å². The van der Waals surface area contributed by atoms with Gasteiger partial charge in [-0.3, -0.25) is 9.10 Å². The summed E-state index contributed by atoms with van der Waals surface area (Å²) in [4.78, 5) is 16.8. The lowest BCUT2D eigenvalue weighted by atomic mass is 9.99. The third kappa shape index (κ3) is 5.16. The second-order valence-corrected chi connectivity index (χ2v) is 10.0. The zero-order valence-corrected chi connectivity index (χ0v) is 18.3. The number of aromatic nitrogens is 1. The molecule has 2 aliphatic rings. The number of hydrogen-bond acceptors (Lipinski definition) is 6. The van der Waals surface area contributed by atoms with Gasteiger partial charge in [0.05, 0.1) is 24.6 Å². The minimum absolute atomic E-state index is 0.111. The van der Waals surface area contributed by atoms with Crippen LogP contribution in [0.5, 0.6) is 5.75 Å². The number of carbonyl (C=O) groups excluding carboxylic acids is 1. The zero-order valence-electron chi connectivity index (χ0n) is 17.5. The van der Waals surface area contributed by atoms with Gasteiger partial charge < -0.3 is 14.8 Å². The summed E-state index contributed by atoms with van der Waals surface area (Å²) in [5.74, 6) is 0.826. The standard InChI is InChI=1S/C22H27N3O5S/c1-29-19-4-2-16(3-5-19)15-25(31(27,28)20-6-7-20)18-8-11-23-21(14-18)24-22(26)17-9-12-30-13-10-17/h2-5,8,11,14,17,20H,6-7,9-10,12-13,15H2,1H3,(H,23,24,26). The molecule has 1 N–H and O–H groups in total. The molecule has 1 saturated carbocycles. The van der Waals surface area contributed by atoms with Gasteiger partial charge in [-0.1, -0.05) is 12.1 Å². The minimum atomic E-state index is -3.52. The maximum absolute atomic E-state index is 13.2. The summed E-state index contributed by atoms with van der Waals surface area (Å²) in [5.41, 5.74) is 1.33. The summed E-state index contributed by atoms with van der Waals surface area (Å²) >= 11 is 0. The number of methoxy groups -OCH3 is 1. The minimum Gasteiger partial charge on any atom is -0.497 e. The van der Waals surface area contributed by atoms with Gasteiger partial charge in [0, 0.05) is 31.4 Å². The topological polar surface area (TPSA) is 97.8 Å². The smallest absolute Gasteiger partial charge is 0.238 e. The molecule has 0 bridgehead atoms. The average Bonchev–Trinajstić information content (AvgIpc) is 3.65. The van der Waals surface area contributed by atoms with Gasteiger partial charge in [-0.05, 0) is 49.4 Å². The van der Waals surface area contributed by atoms with E-state index in [1.54, 1.807) is 19.2 Å². The van der Waals surface area contributed by atoms with E-state index < -0.39 is 10.0 Å². The molecule has 0 atom stereocenters. The summed E-state index contributed by atoms with van der Waals surface area (Å²) in [6, 6.07) is 10.6. The Morgan fingerprint density at radius 3 is 2.52 bits per heavy atom. The lowest BCUT2D eigenvalue weighted by Gasteiger charge is -2.25. The second-order valence-electron chi connectivity index (χ2n) is 7.87. The molecule has 1 aromatic heterocycles. The van der Waals surface area contributed by atoms with E-state index in [-0.39, 0.29) is 23.6 Å². The van der Waals surface area contributed by atoms with Gasteiger partial charge in [-0.25, -0.2) is 13.4 Å². The summed E-state index contributed by atoms with van der Waals surface area (Å²) in [5, 5.41) is 2.48. The van der Waals surface area contributed by atoms with Gasteiger partial charge in [-0.2, -0.15) is 0 Å². The predicted octanol–water partition coefficient (Wildman–Crippen LogP) is 2.95. The number of anilines is 2. The van der Waals surface area contributed by atoms with E-state index in [1.807, 2.05) is 24.3 Å². The van der Waals surface area contributed by atoms with Crippen molar-refractivity contribution in [1.82, 2.24) is 4.98 Å². The van der Waals surface area contributed by atoms with Crippen molar-refractivity contribution in [3.8, 4) is 5.75 Å². The van der Waals surface area contributed by atoms with E-state index in [4.69, 9.17) is 9.47 Å².